The van der Waals surface area contributed by atoms with Crippen molar-refractivity contribution in [1.82, 2.24) is 15.0 Å². The monoisotopic (exact) mass is 436 g/mol. The lowest BCUT2D eigenvalue weighted by atomic mass is 9.93. The Labute approximate surface area is 186 Å². The van der Waals surface area contributed by atoms with Crippen LogP contribution in [0.2, 0.25) is 5.02 Å². The van der Waals surface area contributed by atoms with Crippen molar-refractivity contribution in [1.29, 1.82) is 0 Å². The summed E-state index contributed by atoms with van der Waals surface area (Å²) in [5.74, 6) is 1.52. The number of hydrogen-bond donors (Lipinski definition) is 0. The zero-order valence-electron chi connectivity index (χ0n) is 17.3. The van der Waals surface area contributed by atoms with Crippen LogP contribution in [0.15, 0.2) is 53.1 Å². The molecule has 2 aromatic carbocycles. The average Bonchev–Trinajstić information content (AvgIpc) is 3.27. The number of rotatable bonds is 4. The SMILES string of the molecule is O=C(C1CCN(Cc2nc(-c3ccc(Cl)cc3)no2)CC1)N1CCCc2ccccc21. The maximum absolute atomic E-state index is 13.2. The molecule has 0 unspecified atom stereocenters. The van der Waals surface area contributed by atoms with Crippen LogP contribution in [0.1, 0.15) is 30.7 Å². The molecule has 31 heavy (non-hydrogen) atoms. The number of halogens is 1. The largest absolute Gasteiger partial charge is 0.338 e. The van der Waals surface area contributed by atoms with Crippen molar-refractivity contribution >= 4 is 23.2 Å². The van der Waals surface area contributed by atoms with E-state index in [0.29, 0.717) is 23.3 Å². The smallest absolute Gasteiger partial charge is 0.241 e. The van der Waals surface area contributed by atoms with E-state index in [1.165, 1.54) is 5.56 Å². The standard InChI is InChI=1S/C24H25ClN4O2/c25-20-9-7-18(8-10-20)23-26-22(31-27-23)16-28-14-11-19(12-15-28)24(30)29-13-3-5-17-4-1-2-6-21(17)29/h1-2,4,6-10,19H,3,5,11-16H2. The molecule has 0 N–H and O–H groups in total. The third kappa shape index (κ3) is 4.36. The van der Waals surface area contributed by atoms with E-state index in [-0.39, 0.29) is 11.8 Å². The van der Waals surface area contributed by atoms with E-state index < -0.39 is 0 Å². The summed E-state index contributed by atoms with van der Waals surface area (Å²) in [6, 6.07) is 15.7. The maximum Gasteiger partial charge on any atom is 0.241 e. The first-order chi connectivity index (χ1) is 15.2. The number of piperidine rings is 1. The molecule has 1 aromatic heterocycles. The number of carbonyl (C=O) groups is 1. The van der Waals surface area contributed by atoms with E-state index in [1.54, 1.807) is 0 Å². The second kappa shape index (κ2) is 8.81. The highest BCUT2D eigenvalue weighted by Crippen LogP contribution is 2.30. The quantitative estimate of drug-likeness (QED) is 0.599. The van der Waals surface area contributed by atoms with Crippen molar-refractivity contribution in [3.8, 4) is 11.4 Å². The van der Waals surface area contributed by atoms with Gasteiger partial charge >= 0.3 is 0 Å². The molecule has 0 radical (unpaired) electrons. The van der Waals surface area contributed by atoms with E-state index in [1.807, 2.05) is 35.2 Å². The summed E-state index contributed by atoms with van der Waals surface area (Å²) in [6.45, 7) is 3.13. The summed E-state index contributed by atoms with van der Waals surface area (Å²) >= 11 is 5.94. The number of para-hydroxylation sites is 1. The van der Waals surface area contributed by atoms with Gasteiger partial charge in [0.25, 0.3) is 0 Å². The molecule has 2 aliphatic rings. The molecule has 1 saturated heterocycles. The summed E-state index contributed by atoms with van der Waals surface area (Å²) in [7, 11) is 0. The minimum atomic E-state index is 0.0784. The number of aryl methyl sites for hydroxylation is 1. The van der Waals surface area contributed by atoms with Gasteiger partial charge in [0.2, 0.25) is 17.6 Å². The van der Waals surface area contributed by atoms with E-state index in [0.717, 1.165) is 56.6 Å². The Hall–Kier alpha value is -2.70. The first-order valence-electron chi connectivity index (χ1n) is 10.9. The Morgan fingerprint density at radius 2 is 1.84 bits per heavy atom. The van der Waals surface area contributed by atoms with Crippen LogP contribution in [0, 0.1) is 5.92 Å². The van der Waals surface area contributed by atoms with Gasteiger partial charge in [0.05, 0.1) is 6.54 Å². The van der Waals surface area contributed by atoms with Gasteiger partial charge in [-0.15, -0.1) is 0 Å². The van der Waals surface area contributed by atoms with Crippen molar-refractivity contribution in [3.63, 3.8) is 0 Å². The summed E-state index contributed by atoms with van der Waals surface area (Å²) < 4.78 is 5.45. The number of amides is 1. The number of benzene rings is 2. The molecule has 0 aliphatic carbocycles. The Bertz CT molecular complexity index is 1060. The average molecular weight is 437 g/mol. The van der Waals surface area contributed by atoms with Crippen molar-refractivity contribution in [2.45, 2.75) is 32.2 Å². The minimum absolute atomic E-state index is 0.0784. The summed E-state index contributed by atoms with van der Waals surface area (Å²) in [5, 5.41) is 4.77. The van der Waals surface area contributed by atoms with E-state index >= 15 is 0 Å². The lowest BCUT2D eigenvalue weighted by Gasteiger charge is -2.36. The molecule has 1 fully saturated rings. The molecule has 3 aromatic rings. The van der Waals surface area contributed by atoms with Gasteiger partial charge in [-0.05, 0) is 74.7 Å². The molecule has 1 amide bonds. The first kappa shape index (κ1) is 20.2. The van der Waals surface area contributed by atoms with Crippen molar-refractivity contribution < 1.29 is 9.32 Å². The fourth-order valence-corrected chi connectivity index (χ4v) is 4.67. The summed E-state index contributed by atoms with van der Waals surface area (Å²) in [4.78, 5) is 22.0. The first-order valence-corrected chi connectivity index (χ1v) is 11.3. The fraction of sp³-hybridized carbons (Fsp3) is 0.375. The molecule has 5 rings (SSSR count). The zero-order valence-corrected chi connectivity index (χ0v) is 18.1. The van der Waals surface area contributed by atoms with Crippen LogP contribution in [0.5, 0.6) is 0 Å². The Morgan fingerprint density at radius 3 is 2.65 bits per heavy atom. The number of nitrogens with zero attached hydrogens (tertiary/aromatic N) is 4. The van der Waals surface area contributed by atoms with Gasteiger partial charge in [-0.2, -0.15) is 4.98 Å². The van der Waals surface area contributed by atoms with Gasteiger partial charge in [0.15, 0.2) is 0 Å². The van der Waals surface area contributed by atoms with Gasteiger partial charge in [-0.1, -0.05) is 35.0 Å². The van der Waals surface area contributed by atoms with E-state index in [9.17, 15) is 4.79 Å². The predicted octanol–water partition coefficient (Wildman–Crippen LogP) is 4.58. The second-order valence-corrected chi connectivity index (χ2v) is 8.73. The molecule has 0 bridgehead atoms. The van der Waals surface area contributed by atoms with Crippen LogP contribution in [0.4, 0.5) is 5.69 Å². The number of hydrogen-bond acceptors (Lipinski definition) is 5. The number of carbonyl (C=O) groups excluding carboxylic acids is 1. The molecular weight excluding hydrogens is 412 g/mol. The zero-order chi connectivity index (χ0) is 21.2. The van der Waals surface area contributed by atoms with Crippen LogP contribution in [-0.4, -0.2) is 40.6 Å². The number of aromatic nitrogens is 2. The third-order valence-corrected chi connectivity index (χ3v) is 6.49. The highest BCUT2D eigenvalue weighted by atomic mass is 35.5. The molecule has 160 valence electrons. The summed E-state index contributed by atoms with van der Waals surface area (Å²) in [5.41, 5.74) is 3.26. The van der Waals surface area contributed by atoms with Crippen LogP contribution in [0.25, 0.3) is 11.4 Å². The maximum atomic E-state index is 13.2. The van der Waals surface area contributed by atoms with Crippen LogP contribution in [0.3, 0.4) is 0 Å². The van der Waals surface area contributed by atoms with Gasteiger partial charge in [0.1, 0.15) is 0 Å². The van der Waals surface area contributed by atoms with Gasteiger partial charge in [0, 0.05) is 28.7 Å². The lowest BCUT2D eigenvalue weighted by Crippen LogP contribution is -2.44. The van der Waals surface area contributed by atoms with E-state index in [4.69, 9.17) is 16.1 Å². The van der Waals surface area contributed by atoms with Gasteiger partial charge in [-0.25, -0.2) is 0 Å². The summed E-state index contributed by atoms with van der Waals surface area (Å²) in [6.07, 6.45) is 3.81. The normalized spacial score (nSPS) is 17.5. The Kier molecular flexibility index (Phi) is 5.74. The fourth-order valence-electron chi connectivity index (χ4n) is 4.55. The Morgan fingerprint density at radius 1 is 1.06 bits per heavy atom. The molecule has 0 saturated carbocycles. The van der Waals surface area contributed by atoms with Crippen molar-refractivity contribution in [3.05, 3.63) is 65.0 Å². The number of anilines is 1. The van der Waals surface area contributed by atoms with Crippen LogP contribution in [-0.2, 0) is 17.8 Å². The third-order valence-electron chi connectivity index (χ3n) is 6.24. The lowest BCUT2D eigenvalue weighted by molar-refractivity contribution is -0.124. The van der Waals surface area contributed by atoms with E-state index in [2.05, 4.69) is 33.2 Å². The van der Waals surface area contributed by atoms with Crippen molar-refractivity contribution in [2.75, 3.05) is 24.5 Å². The van der Waals surface area contributed by atoms with Gasteiger partial charge in [-0.3, -0.25) is 9.69 Å². The predicted molar refractivity (Wildman–Crippen MR) is 120 cm³/mol. The van der Waals surface area contributed by atoms with Crippen molar-refractivity contribution in [2.24, 2.45) is 5.92 Å². The molecule has 0 atom stereocenters. The molecular formula is C24H25ClN4O2. The number of fused-ring (bicyclic) bond motifs is 1. The topological polar surface area (TPSA) is 62.5 Å². The minimum Gasteiger partial charge on any atom is -0.338 e. The molecule has 6 nitrogen and oxygen atoms in total. The Balaban J connectivity index is 1.18. The van der Waals surface area contributed by atoms with Gasteiger partial charge < -0.3 is 9.42 Å². The molecule has 0 spiro atoms. The number of likely N-dealkylation sites (tertiary alicyclic amines) is 1. The second-order valence-electron chi connectivity index (χ2n) is 8.29. The molecule has 7 heteroatoms. The molecule has 3 heterocycles. The highest BCUT2D eigenvalue weighted by Gasteiger charge is 2.31. The van der Waals surface area contributed by atoms with Crippen LogP contribution >= 0.6 is 11.6 Å². The van der Waals surface area contributed by atoms with Crippen LogP contribution < -0.4 is 4.90 Å². The highest BCUT2D eigenvalue weighted by molar-refractivity contribution is 6.30. The molecule has 2 aliphatic heterocycles.